The number of unbranched alkanes of at least 4 members (excludes halogenated alkanes) is 7. The molecule has 0 aliphatic rings. The van der Waals surface area contributed by atoms with Gasteiger partial charge in [0.25, 0.3) is 0 Å². The summed E-state index contributed by atoms with van der Waals surface area (Å²) in [4.78, 5) is 22.8. The second-order valence-electron chi connectivity index (χ2n) is 7.18. The first-order chi connectivity index (χ1) is 14.6. The fourth-order valence-electron chi connectivity index (χ4n) is 2.72. The SMILES string of the molecule is CCCCCCCCCC=CC=CC=CC=CC=CC(=O)N[C@@H](CCCN)C(=O)O. The minimum absolute atomic E-state index is 0.323. The van der Waals surface area contributed by atoms with Gasteiger partial charge in [0.15, 0.2) is 0 Å². The van der Waals surface area contributed by atoms with Crippen LogP contribution in [0.1, 0.15) is 71.1 Å². The third-order valence-electron chi connectivity index (χ3n) is 4.45. The van der Waals surface area contributed by atoms with Crippen molar-refractivity contribution in [3.8, 4) is 0 Å². The average Bonchev–Trinajstić information content (AvgIpc) is 2.73. The molecule has 0 fully saturated rings. The molecule has 1 atom stereocenters. The van der Waals surface area contributed by atoms with E-state index in [-0.39, 0.29) is 0 Å². The van der Waals surface area contributed by atoms with Gasteiger partial charge in [-0.2, -0.15) is 0 Å². The summed E-state index contributed by atoms with van der Waals surface area (Å²) in [5.41, 5.74) is 5.37. The summed E-state index contributed by atoms with van der Waals surface area (Å²) in [6, 6.07) is -0.904. The van der Waals surface area contributed by atoms with Crippen LogP contribution in [0.3, 0.4) is 0 Å². The maximum absolute atomic E-state index is 11.7. The second-order valence-corrected chi connectivity index (χ2v) is 7.18. The number of carboxylic acid groups (broad SMARTS) is 1. The van der Waals surface area contributed by atoms with Gasteiger partial charge in [-0.3, -0.25) is 4.79 Å². The van der Waals surface area contributed by atoms with Crippen LogP contribution >= 0.6 is 0 Å². The monoisotopic (exact) mass is 416 g/mol. The van der Waals surface area contributed by atoms with Crippen molar-refractivity contribution >= 4 is 11.9 Å². The fourth-order valence-corrected chi connectivity index (χ4v) is 2.72. The summed E-state index contributed by atoms with van der Waals surface area (Å²) in [6.45, 7) is 2.64. The number of hydrogen-bond acceptors (Lipinski definition) is 3. The van der Waals surface area contributed by atoms with E-state index in [0.29, 0.717) is 19.4 Å². The van der Waals surface area contributed by atoms with Crippen LogP contribution in [0.2, 0.25) is 0 Å². The van der Waals surface area contributed by atoms with Gasteiger partial charge in [-0.05, 0) is 32.2 Å². The molecule has 0 radical (unpaired) electrons. The Morgan fingerprint density at radius 3 is 2.00 bits per heavy atom. The maximum atomic E-state index is 11.7. The Balaban J connectivity index is 3.90. The molecule has 0 saturated carbocycles. The van der Waals surface area contributed by atoms with Crippen LogP contribution in [0.4, 0.5) is 0 Å². The van der Waals surface area contributed by atoms with Crippen LogP contribution in [-0.4, -0.2) is 29.6 Å². The lowest BCUT2D eigenvalue weighted by atomic mass is 10.1. The van der Waals surface area contributed by atoms with Crippen LogP contribution in [-0.2, 0) is 9.59 Å². The Bertz CT molecular complexity index is 589. The van der Waals surface area contributed by atoms with Gasteiger partial charge in [-0.1, -0.05) is 100 Å². The lowest BCUT2D eigenvalue weighted by Gasteiger charge is -2.12. The van der Waals surface area contributed by atoms with Crippen molar-refractivity contribution in [2.45, 2.75) is 77.2 Å². The van der Waals surface area contributed by atoms with Crippen LogP contribution in [0.25, 0.3) is 0 Å². The maximum Gasteiger partial charge on any atom is 0.326 e. The van der Waals surface area contributed by atoms with Gasteiger partial charge in [-0.25, -0.2) is 4.79 Å². The average molecular weight is 417 g/mol. The molecule has 0 aromatic rings. The zero-order chi connectivity index (χ0) is 22.3. The smallest absolute Gasteiger partial charge is 0.326 e. The van der Waals surface area contributed by atoms with E-state index < -0.39 is 17.9 Å². The third-order valence-corrected chi connectivity index (χ3v) is 4.45. The highest BCUT2D eigenvalue weighted by molar-refractivity contribution is 5.91. The lowest BCUT2D eigenvalue weighted by molar-refractivity contribution is -0.141. The van der Waals surface area contributed by atoms with Crippen molar-refractivity contribution < 1.29 is 14.7 Å². The van der Waals surface area contributed by atoms with Crippen LogP contribution in [0.15, 0.2) is 60.8 Å². The normalized spacial score (nSPS) is 13.4. The number of aliphatic carboxylic acids is 1. The van der Waals surface area contributed by atoms with Crippen LogP contribution < -0.4 is 11.1 Å². The van der Waals surface area contributed by atoms with Crippen LogP contribution in [0, 0.1) is 0 Å². The van der Waals surface area contributed by atoms with Gasteiger partial charge in [0, 0.05) is 6.08 Å². The molecule has 168 valence electrons. The molecule has 0 bridgehead atoms. The van der Waals surface area contributed by atoms with Gasteiger partial charge in [0.05, 0.1) is 0 Å². The number of hydrogen-bond donors (Lipinski definition) is 3. The molecule has 0 saturated heterocycles. The predicted molar refractivity (Wildman–Crippen MR) is 126 cm³/mol. The van der Waals surface area contributed by atoms with Crippen molar-refractivity contribution in [3.63, 3.8) is 0 Å². The fraction of sp³-hybridized carbons (Fsp3) is 0.520. The van der Waals surface area contributed by atoms with E-state index in [4.69, 9.17) is 10.8 Å². The molecule has 5 heteroatoms. The summed E-state index contributed by atoms with van der Waals surface area (Å²) < 4.78 is 0. The van der Waals surface area contributed by atoms with E-state index in [0.717, 1.165) is 6.42 Å². The summed E-state index contributed by atoms with van der Waals surface area (Å²) in [5, 5.41) is 11.5. The van der Waals surface area contributed by atoms with Crippen molar-refractivity contribution in [1.29, 1.82) is 0 Å². The summed E-state index contributed by atoms with van der Waals surface area (Å²) in [7, 11) is 0. The first-order valence-electron chi connectivity index (χ1n) is 11.2. The van der Waals surface area contributed by atoms with Gasteiger partial charge in [0.2, 0.25) is 5.91 Å². The van der Waals surface area contributed by atoms with Crippen molar-refractivity contribution in [2.24, 2.45) is 5.73 Å². The van der Waals surface area contributed by atoms with Crippen LogP contribution in [0.5, 0.6) is 0 Å². The number of amides is 1. The minimum atomic E-state index is -1.05. The summed E-state index contributed by atoms with van der Waals surface area (Å²) in [6.07, 6.45) is 29.8. The molecule has 0 aliphatic carbocycles. The van der Waals surface area contributed by atoms with E-state index in [9.17, 15) is 9.59 Å². The number of carbonyl (C=O) groups is 2. The predicted octanol–water partition coefficient (Wildman–Crippen LogP) is 5.22. The molecule has 0 rings (SSSR count). The number of allylic oxidation sites excluding steroid dienone is 9. The minimum Gasteiger partial charge on any atom is -0.480 e. The first-order valence-corrected chi connectivity index (χ1v) is 11.2. The summed E-state index contributed by atoms with van der Waals surface area (Å²) in [5.74, 6) is -1.48. The topological polar surface area (TPSA) is 92.4 Å². The number of nitrogens with one attached hydrogen (secondary N) is 1. The highest BCUT2D eigenvalue weighted by atomic mass is 16.4. The molecule has 0 heterocycles. The van der Waals surface area contributed by atoms with Gasteiger partial charge in [0.1, 0.15) is 6.04 Å². The Hall–Kier alpha value is -2.40. The number of rotatable bonds is 18. The molecule has 0 aliphatic heterocycles. The Morgan fingerprint density at radius 2 is 1.40 bits per heavy atom. The highest BCUT2D eigenvalue weighted by Crippen LogP contribution is 2.08. The lowest BCUT2D eigenvalue weighted by Crippen LogP contribution is -2.40. The molecular formula is C25H40N2O3. The Kier molecular flexibility index (Phi) is 19.6. The Morgan fingerprint density at radius 1 is 0.833 bits per heavy atom. The molecule has 0 aromatic heterocycles. The molecule has 30 heavy (non-hydrogen) atoms. The molecule has 0 spiro atoms. The van der Waals surface area contributed by atoms with Gasteiger partial charge < -0.3 is 16.2 Å². The number of carbonyl (C=O) groups excluding carboxylic acids is 1. The molecule has 4 N–H and O–H groups in total. The zero-order valence-electron chi connectivity index (χ0n) is 18.5. The highest BCUT2D eigenvalue weighted by Gasteiger charge is 2.17. The van der Waals surface area contributed by atoms with E-state index >= 15 is 0 Å². The van der Waals surface area contributed by atoms with Crippen molar-refractivity contribution in [1.82, 2.24) is 5.32 Å². The largest absolute Gasteiger partial charge is 0.480 e. The van der Waals surface area contributed by atoms with Gasteiger partial charge >= 0.3 is 5.97 Å². The van der Waals surface area contributed by atoms with E-state index in [1.807, 2.05) is 24.3 Å². The summed E-state index contributed by atoms with van der Waals surface area (Å²) >= 11 is 0. The second kappa shape index (κ2) is 21.3. The molecule has 0 unspecified atom stereocenters. The van der Waals surface area contributed by atoms with E-state index in [1.54, 1.807) is 18.2 Å². The van der Waals surface area contributed by atoms with Crippen molar-refractivity contribution in [3.05, 3.63) is 60.8 Å². The number of nitrogens with two attached hydrogens (primary N) is 1. The first kappa shape index (κ1) is 27.6. The quantitative estimate of drug-likeness (QED) is 0.162. The molecule has 0 aromatic carbocycles. The van der Waals surface area contributed by atoms with Crippen molar-refractivity contribution in [2.75, 3.05) is 6.54 Å². The molecule has 1 amide bonds. The number of carboxylic acids is 1. The Labute approximate surface area is 182 Å². The zero-order valence-corrected chi connectivity index (χ0v) is 18.5. The molecular weight excluding hydrogens is 376 g/mol. The third kappa shape index (κ3) is 18.9. The van der Waals surface area contributed by atoms with E-state index in [1.165, 1.54) is 51.0 Å². The van der Waals surface area contributed by atoms with Gasteiger partial charge in [-0.15, -0.1) is 0 Å². The molecule has 5 nitrogen and oxygen atoms in total. The standard InChI is InChI=1S/C25H40N2O3/c1-2-3-4-5-6-7-8-9-10-11-12-13-14-15-16-17-18-21-24(28)27-23(25(29)30)20-19-22-26/h10-18,21,23H,2-9,19-20,22,26H2,1H3,(H,27,28)(H,29,30)/t23-/m0/s1. The van der Waals surface area contributed by atoms with E-state index in [2.05, 4.69) is 24.4 Å².